The van der Waals surface area contributed by atoms with Gasteiger partial charge in [-0.15, -0.1) is 0 Å². The molecule has 1 heterocycles. The van der Waals surface area contributed by atoms with Crippen LogP contribution < -0.4 is 0 Å². The minimum atomic E-state index is 0.198. The van der Waals surface area contributed by atoms with Crippen molar-refractivity contribution < 1.29 is 9.28 Å². The number of fused-ring (bicyclic) bond motifs is 5. The van der Waals surface area contributed by atoms with Crippen molar-refractivity contribution in [3.05, 3.63) is 11.8 Å². The lowest BCUT2D eigenvalue weighted by Crippen LogP contribution is -2.55. The van der Waals surface area contributed by atoms with Gasteiger partial charge in [-0.05, 0) is 79.4 Å². The number of rotatable bonds is 8. The van der Waals surface area contributed by atoms with E-state index in [1.54, 1.807) is 0 Å². The van der Waals surface area contributed by atoms with Crippen molar-refractivity contribution >= 4 is 5.91 Å². The van der Waals surface area contributed by atoms with Crippen LogP contribution in [0, 0.1) is 46.3 Å². The third kappa shape index (κ3) is 4.76. The maximum atomic E-state index is 13.0. The molecule has 3 aliphatic carbocycles. The summed E-state index contributed by atoms with van der Waals surface area (Å²) in [4.78, 5) is 15.2. The van der Waals surface area contributed by atoms with Gasteiger partial charge in [0.15, 0.2) is 0 Å². The second-order valence-corrected chi connectivity index (χ2v) is 14.7. The first-order chi connectivity index (χ1) is 15.9. The van der Waals surface area contributed by atoms with E-state index in [0.29, 0.717) is 11.3 Å². The minimum absolute atomic E-state index is 0.198. The smallest absolute Gasteiger partial charge is 0.226 e. The van der Waals surface area contributed by atoms with E-state index >= 15 is 0 Å². The zero-order chi connectivity index (χ0) is 24.9. The molecule has 0 aromatic heterocycles. The van der Waals surface area contributed by atoms with Crippen LogP contribution in [0.3, 0.4) is 0 Å². The Morgan fingerprint density at radius 2 is 1.76 bits per heavy atom. The Balaban J connectivity index is 1.52. The zero-order valence-electron chi connectivity index (χ0n) is 23.8. The Morgan fingerprint density at radius 3 is 2.44 bits per heavy atom. The Hall–Kier alpha value is -0.830. The Kier molecular flexibility index (Phi) is 7.38. The predicted molar refractivity (Wildman–Crippen MR) is 143 cm³/mol. The summed E-state index contributed by atoms with van der Waals surface area (Å²) in [6.07, 6.45) is 15.5. The molecule has 2 saturated carbocycles. The number of hydrogen-bond acceptors (Lipinski definition) is 1. The molecule has 4 aliphatic rings. The highest BCUT2D eigenvalue weighted by molar-refractivity contribution is 5.80. The summed E-state index contributed by atoms with van der Waals surface area (Å²) in [5, 5.41) is 0. The SMILES string of the molecule is CC(C)CCC[C@@H](C)[C@@H]1CC[C@H]2[C@H]3CC=C4N(CC[N+](C)(C)C)C(=O)CC[C@]4(C)[C@@H]3CC[C@@]21C. The number of amides is 1. The molecule has 0 aromatic rings. The maximum absolute atomic E-state index is 13.0. The molecule has 0 spiro atoms. The minimum Gasteiger partial charge on any atom is -0.329 e. The standard InChI is InChI=1S/C31H55N2O/c1-22(2)10-9-11-23(3)25-13-14-26-24-12-15-28-31(5,27(24)16-18-30(25,26)4)19-17-29(34)32(28)20-21-33(6,7)8/h15,22-27H,9-14,16-21H2,1-8H3/q+1/t23-,24-,25+,26+,27-,30-,31-/m1/s1. The van der Waals surface area contributed by atoms with Gasteiger partial charge < -0.3 is 9.38 Å². The van der Waals surface area contributed by atoms with E-state index in [-0.39, 0.29) is 5.41 Å². The number of carbonyl (C=O) groups excluding carboxylic acids is 1. The summed E-state index contributed by atoms with van der Waals surface area (Å²) in [7, 11) is 6.71. The molecule has 7 atom stereocenters. The van der Waals surface area contributed by atoms with Gasteiger partial charge in [-0.3, -0.25) is 4.79 Å². The van der Waals surface area contributed by atoms with Gasteiger partial charge in [0.05, 0.1) is 34.2 Å². The van der Waals surface area contributed by atoms with Crippen LogP contribution in [0.5, 0.6) is 0 Å². The molecule has 1 amide bonds. The Bertz CT molecular complexity index is 779. The normalized spacial score (nSPS) is 38.9. The number of allylic oxidation sites excluding steroid dienone is 2. The molecule has 194 valence electrons. The van der Waals surface area contributed by atoms with E-state index < -0.39 is 0 Å². The fourth-order valence-electron chi connectivity index (χ4n) is 9.12. The second-order valence-electron chi connectivity index (χ2n) is 14.7. The molecule has 3 nitrogen and oxygen atoms in total. The zero-order valence-corrected chi connectivity index (χ0v) is 23.8. The van der Waals surface area contributed by atoms with Crippen molar-refractivity contribution in [3.63, 3.8) is 0 Å². The van der Waals surface area contributed by atoms with Crippen LogP contribution in [0.4, 0.5) is 0 Å². The molecule has 4 rings (SSSR count). The van der Waals surface area contributed by atoms with E-state index in [0.717, 1.165) is 65.9 Å². The van der Waals surface area contributed by atoms with Crippen LogP contribution in [0.1, 0.15) is 98.8 Å². The highest BCUT2D eigenvalue weighted by Crippen LogP contribution is 2.67. The van der Waals surface area contributed by atoms with Gasteiger partial charge in [0.1, 0.15) is 0 Å². The summed E-state index contributed by atoms with van der Waals surface area (Å²) in [5.41, 5.74) is 2.14. The first-order valence-corrected chi connectivity index (χ1v) is 14.7. The number of hydrogen-bond donors (Lipinski definition) is 0. The first-order valence-electron chi connectivity index (χ1n) is 14.7. The van der Waals surface area contributed by atoms with Crippen molar-refractivity contribution in [2.24, 2.45) is 46.3 Å². The Labute approximate surface area is 211 Å². The molecule has 0 radical (unpaired) electrons. The fourth-order valence-corrected chi connectivity index (χ4v) is 9.12. The van der Waals surface area contributed by atoms with Gasteiger partial charge in [-0.1, -0.05) is 60.0 Å². The third-order valence-corrected chi connectivity index (χ3v) is 11.1. The molecule has 1 aliphatic heterocycles. The van der Waals surface area contributed by atoms with E-state index in [2.05, 4.69) is 66.7 Å². The average molecular weight is 472 g/mol. The molecule has 1 saturated heterocycles. The van der Waals surface area contributed by atoms with Crippen LogP contribution in [0.2, 0.25) is 0 Å². The summed E-state index contributed by atoms with van der Waals surface area (Å²) in [6, 6.07) is 0. The van der Waals surface area contributed by atoms with Crippen LogP contribution in [-0.2, 0) is 4.79 Å². The average Bonchev–Trinajstić information content (AvgIpc) is 3.09. The summed E-state index contributed by atoms with van der Waals surface area (Å²) in [6.45, 7) is 14.4. The number of likely N-dealkylation sites (N-methyl/N-ethyl adjacent to an activating group) is 1. The van der Waals surface area contributed by atoms with Crippen LogP contribution >= 0.6 is 0 Å². The van der Waals surface area contributed by atoms with Gasteiger partial charge in [0, 0.05) is 17.5 Å². The summed E-state index contributed by atoms with van der Waals surface area (Å²) >= 11 is 0. The van der Waals surface area contributed by atoms with E-state index in [4.69, 9.17) is 0 Å². The lowest BCUT2D eigenvalue weighted by Gasteiger charge is -2.59. The Morgan fingerprint density at radius 1 is 1.03 bits per heavy atom. The van der Waals surface area contributed by atoms with Gasteiger partial charge in [-0.2, -0.15) is 0 Å². The van der Waals surface area contributed by atoms with E-state index in [9.17, 15) is 4.79 Å². The lowest BCUT2D eigenvalue weighted by molar-refractivity contribution is -0.869. The molecule has 3 fully saturated rings. The van der Waals surface area contributed by atoms with Crippen LogP contribution in [0.25, 0.3) is 0 Å². The van der Waals surface area contributed by atoms with Crippen molar-refractivity contribution in [1.82, 2.24) is 4.90 Å². The quantitative estimate of drug-likeness (QED) is 0.345. The topological polar surface area (TPSA) is 20.3 Å². The monoisotopic (exact) mass is 471 g/mol. The molecular weight excluding hydrogens is 416 g/mol. The summed E-state index contributed by atoms with van der Waals surface area (Å²) < 4.78 is 0.914. The van der Waals surface area contributed by atoms with Crippen molar-refractivity contribution in [3.8, 4) is 0 Å². The molecule has 0 aromatic carbocycles. The van der Waals surface area contributed by atoms with Crippen LogP contribution in [-0.4, -0.2) is 49.5 Å². The van der Waals surface area contributed by atoms with E-state index in [1.165, 1.54) is 57.1 Å². The number of piperidine rings is 1. The van der Waals surface area contributed by atoms with Gasteiger partial charge in [0.2, 0.25) is 5.91 Å². The van der Waals surface area contributed by atoms with Crippen molar-refractivity contribution in [2.45, 2.75) is 98.8 Å². The number of carbonyl (C=O) groups is 1. The fraction of sp³-hybridized carbons (Fsp3) is 0.903. The molecule has 0 N–H and O–H groups in total. The number of nitrogens with zero attached hydrogens (tertiary/aromatic N) is 2. The molecule has 3 heteroatoms. The molecule has 34 heavy (non-hydrogen) atoms. The van der Waals surface area contributed by atoms with Gasteiger partial charge in [0.25, 0.3) is 0 Å². The number of likely N-dealkylation sites (tertiary alicyclic amines) is 1. The molecular formula is C31H55N2O+. The van der Waals surface area contributed by atoms with Crippen molar-refractivity contribution in [2.75, 3.05) is 34.2 Å². The summed E-state index contributed by atoms with van der Waals surface area (Å²) in [5.74, 6) is 5.46. The first kappa shape index (κ1) is 26.2. The van der Waals surface area contributed by atoms with E-state index in [1.807, 2.05) is 0 Å². The van der Waals surface area contributed by atoms with Crippen molar-refractivity contribution in [1.29, 1.82) is 0 Å². The largest absolute Gasteiger partial charge is 0.329 e. The highest BCUT2D eigenvalue weighted by atomic mass is 16.2. The number of quaternary nitrogens is 1. The maximum Gasteiger partial charge on any atom is 0.226 e. The molecule has 0 bridgehead atoms. The second kappa shape index (κ2) is 9.56. The lowest BCUT2D eigenvalue weighted by atomic mass is 9.48. The molecule has 0 unspecified atom stereocenters. The highest BCUT2D eigenvalue weighted by Gasteiger charge is 2.60. The van der Waals surface area contributed by atoms with Crippen LogP contribution in [0.15, 0.2) is 11.8 Å². The third-order valence-electron chi connectivity index (χ3n) is 11.1. The van der Waals surface area contributed by atoms with Gasteiger partial charge >= 0.3 is 0 Å². The predicted octanol–water partition coefficient (Wildman–Crippen LogP) is 7.13. The van der Waals surface area contributed by atoms with Gasteiger partial charge in [-0.25, -0.2) is 0 Å².